The van der Waals surface area contributed by atoms with E-state index in [0.717, 1.165) is 58.3 Å². The number of hydrogen-bond acceptors (Lipinski definition) is 3. The highest BCUT2D eigenvalue weighted by Crippen LogP contribution is 2.45. The van der Waals surface area contributed by atoms with Crippen LogP contribution >= 0.6 is 0 Å². The Morgan fingerprint density at radius 2 is 1.82 bits per heavy atom. The van der Waals surface area contributed by atoms with Gasteiger partial charge in [-0.2, -0.15) is 4.57 Å². The highest BCUT2D eigenvalue weighted by Gasteiger charge is 2.42. The number of allylic oxidation sites excluding steroid dienone is 2. The maximum atomic E-state index is 6.48. The number of nitrogens with zero attached hydrogens (tertiary/aromatic N) is 3. The molecule has 3 aromatic heterocycles. The Kier molecular flexibility index (Phi) is 6.85. The maximum absolute atomic E-state index is 6.48. The fourth-order valence-corrected chi connectivity index (χ4v) is 9.29. The van der Waals surface area contributed by atoms with Crippen molar-refractivity contribution < 1.29 is 8.98 Å². The first-order chi connectivity index (χ1) is 21.0. The molecule has 2 unspecified atom stereocenters. The molecule has 7 rings (SSSR count). The first-order valence-electron chi connectivity index (χ1n) is 15.9. The smallest absolute Gasteiger partial charge is 0.227 e. The molecule has 0 saturated carbocycles. The van der Waals surface area contributed by atoms with E-state index in [2.05, 4.69) is 106 Å². The van der Waals surface area contributed by atoms with Crippen molar-refractivity contribution >= 4 is 41.0 Å². The summed E-state index contributed by atoms with van der Waals surface area (Å²) in [6, 6.07) is 20.4. The molecule has 0 N–H and O–H groups in total. The van der Waals surface area contributed by atoms with E-state index in [4.69, 9.17) is 14.4 Å². The summed E-state index contributed by atoms with van der Waals surface area (Å²) in [7, 11) is -1.61. The van der Waals surface area contributed by atoms with E-state index < -0.39 is 8.07 Å². The summed E-state index contributed by atoms with van der Waals surface area (Å²) < 4.78 is 9.08. The van der Waals surface area contributed by atoms with E-state index in [1.165, 1.54) is 27.9 Å². The van der Waals surface area contributed by atoms with Gasteiger partial charge in [0.1, 0.15) is 5.58 Å². The Morgan fingerprint density at radius 3 is 2.57 bits per heavy atom. The topological polar surface area (TPSA) is 42.3 Å². The third-order valence-corrected chi connectivity index (χ3v) is 11.7. The van der Waals surface area contributed by atoms with Crippen LogP contribution in [-0.4, -0.2) is 18.8 Å². The lowest BCUT2D eigenvalue weighted by atomic mass is 9.77. The largest absolute Gasteiger partial charge is 0.437 e. The Morgan fingerprint density at radius 1 is 1.05 bits per heavy atom. The summed E-state index contributed by atoms with van der Waals surface area (Å²) in [5, 5.41) is 3.64. The molecule has 0 amide bonds. The van der Waals surface area contributed by atoms with Crippen molar-refractivity contribution in [3.05, 3.63) is 114 Å². The third kappa shape index (κ3) is 4.60. The van der Waals surface area contributed by atoms with Gasteiger partial charge in [0, 0.05) is 50.5 Å². The molecule has 2 atom stereocenters. The monoisotopic (exact) mass is 596 g/mol. The number of aromatic nitrogens is 2. The molecule has 5 heteroatoms. The van der Waals surface area contributed by atoms with Crippen LogP contribution in [-0.2, 0) is 6.42 Å². The average Bonchev–Trinajstić information content (AvgIpc) is 3.35. The van der Waals surface area contributed by atoms with Gasteiger partial charge >= 0.3 is 0 Å². The molecule has 0 fully saturated rings. The van der Waals surface area contributed by atoms with Gasteiger partial charge < -0.3 is 4.42 Å². The molecule has 5 heterocycles. The molecule has 0 spiro atoms. The van der Waals surface area contributed by atoms with Crippen LogP contribution in [0.3, 0.4) is 0 Å². The van der Waals surface area contributed by atoms with Crippen LogP contribution < -0.4 is 9.75 Å². The van der Waals surface area contributed by atoms with Crippen LogP contribution in [0.4, 0.5) is 0 Å². The zero-order valence-electron chi connectivity index (χ0n) is 26.9. The molecule has 44 heavy (non-hydrogen) atoms. The second kappa shape index (κ2) is 10.5. The minimum atomic E-state index is -1.61. The lowest BCUT2D eigenvalue weighted by molar-refractivity contribution is -0.717. The third-order valence-electron chi connectivity index (χ3n) is 9.67. The van der Waals surface area contributed by atoms with E-state index >= 15 is 0 Å². The van der Waals surface area contributed by atoms with Gasteiger partial charge in [-0.1, -0.05) is 77.0 Å². The summed E-state index contributed by atoms with van der Waals surface area (Å²) in [5.41, 5.74) is 12.0. The van der Waals surface area contributed by atoms with Gasteiger partial charge in [0.15, 0.2) is 12.2 Å². The molecule has 4 nitrogen and oxygen atoms in total. The molecular formula is C39H42N3OSi+. The molecule has 222 valence electrons. The standard InChI is InChI=1S/C39H42N3OSi/c1-9-33-37-26(16-19-30-31-17-14-24(4)41-39(31)43-38(30)37)15-18-29-27-12-10-11-13-28(27)35-21-32(23(2)3)36(44(6,7)8)22-42(35)34(29)20-25(5)40-33/h9-14,16-17,19,21-23,29,34H,1,5,15,18,20H2,2-4,6-8H3/q+1/b40-33-. The lowest BCUT2D eigenvalue weighted by Gasteiger charge is -2.33. The number of pyridine rings is 2. The van der Waals surface area contributed by atoms with Crippen LogP contribution in [0.2, 0.25) is 19.6 Å². The van der Waals surface area contributed by atoms with Gasteiger partial charge in [-0.25, -0.2) is 4.98 Å². The summed E-state index contributed by atoms with van der Waals surface area (Å²) in [6.07, 6.45) is 7.07. The minimum absolute atomic E-state index is 0.224. The fourth-order valence-electron chi connectivity index (χ4n) is 7.54. The van der Waals surface area contributed by atoms with E-state index in [9.17, 15) is 0 Å². The Hall–Kier alpha value is -4.09. The van der Waals surface area contributed by atoms with Gasteiger partial charge in [-0.3, -0.25) is 4.99 Å². The maximum Gasteiger partial charge on any atom is 0.227 e. The first kappa shape index (κ1) is 28.7. The minimum Gasteiger partial charge on any atom is -0.437 e. The van der Waals surface area contributed by atoms with Crippen LogP contribution in [0.15, 0.2) is 95.1 Å². The van der Waals surface area contributed by atoms with Gasteiger partial charge in [0.2, 0.25) is 11.4 Å². The number of aryl methyl sites for hydroxylation is 2. The molecular weight excluding hydrogens is 555 g/mol. The number of furan rings is 1. The van der Waals surface area contributed by atoms with E-state index in [-0.39, 0.29) is 6.04 Å². The molecule has 2 aromatic carbocycles. The predicted molar refractivity (Wildman–Crippen MR) is 186 cm³/mol. The Labute approximate surface area is 261 Å². The quantitative estimate of drug-likeness (QED) is 0.154. The van der Waals surface area contributed by atoms with Crippen molar-refractivity contribution in [3.63, 3.8) is 0 Å². The first-order valence-corrected chi connectivity index (χ1v) is 19.4. The fraction of sp³-hybridized carbons (Fsp3) is 0.308. The lowest BCUT2D eigenvalue weighted by Crippen LogP contribution is -2.54. The predicted octanol–water partition coefficient (Wildman–Crippen LogP) is 9.08. The number of aliphatic imine (C=N–C) groups is 1. The van der Waals surface area contributed by atoms with Crippen LogP contribution in [0.1, 0.15) is 72.5 Å². The second-order valence-electron chi connectivity index (χ2n) is 14.0. The molecule has 0 aliphatic carbocycles. The molecule has 2 aliphatic heterocycles. The van der Waals surface area contributed by atoms with Gasteiger partial charge in [-0.05, 0) is 66.6 Å². The highest BCUT2D eigenvalue weighted by atomic mass is 28.3. The molecule has 0 radical (unpaired) electrons. The molecule has 5 aromatic rings. The summed E-state index contributed by atoms with van der Waals surface area (Å²) in [6.45, 7) is 22.8. The number of rotatable bonds is 3. The van der Waals surface area contributed by atoms with Crippen LogP contribution in [0, 0.1) is 6.92 Å². The Bertz CT molecular complexity index is 2020. The van der Waals surface area contributed by atoms with Gasteiger partial charge in [0.25, 0.3) is 0 Å². The normalized spacial score (nSPS) is 19.6. The summed E-state index contributed by atoms with van der Waals surface area (Å²) in [5.74, 6) is 0.792. The zero-order chi connectivity index (χ0) is 30.9. The summed E-state index contributed by atoms with van der Waals surface area (Å²) >= 11 is 0. The highest BCUT2D eigenvalue weighted by molar-refractivity contribution is 6.89. The number of fused-ring (bicyclic) bond motifs is 11. The number of hydrogen-bond donors (Lipinski definition) is 0. The SMILES string of the molecule is C=C/C1=N/C(=C)CC2C(CCc3ccc4c(oc5nc(C)ccc54)c31)c1ccccc1-c1cc(C(C)C)c([Si](C)(C)C)c[n+]12. The number of benzene rings is 2. The van der Waals surface area contributed by atoms with Crippen molar-refractivity contribution in [1.29, 1.82) is 0 Å². The van der Waals surface area contributed by atoms with Crippen molar-refractivity contribution in [1.82, 2.24) is 4.98 Å². The van der Waals surface area contributed by atoms with Crippen molar-refractivity contribution in [3.8, 4) is 11.3 Å². The van der Waals surface area contributed by atoms with Gasteiger partial charge in [-0.15, -0.1) is 0 Å². The van der Waals surface area contributed by atoms with Crippen LogP contribution in [0.25, 0.3) is 33.3 Å². The Balaban J connectivity index is 1.44. The van der Waals surface area contributed by atoms with Crippen molar-refractivity contribution in [2.75, 3.05) is 0 Å². The van der Waals surface area contributed by atoms with Crippen molar-refractivity contribution in [2.24, 2.45) is 4.99 Å². The second-order valence-corrected chi connectivity index (χ2v) is 19.0. The van der Waals surface area contributed by atoms with E-state index in [0.29, 0.717) is 17.5 Å². The molecule has 0 saturated heterocycles. The summed E-state index contributed by atoms with van der Waals surface area (Å²) in [4.78, 5) is 9.89. The molecule has 2 aliphatic rings. The van der Waals surface area contributed by atoms with E-state index in [1.807, 2.05) is 19.1 Å². The van der Waals surface area contributed by atoms with Crippen LogP contribution in [0.5, 0.6) is 0 Å². The average molecular weight is 597 g/mol. The molecule has 0 bridgehead atoms. The zero-order valence-corrected chi connectivity index (χ0v) is 27.9. The van der Waals surface area contributed by atoms with E-state index in [1.54, 1.807) is 5.19 Å². The van der Waals surface area contributed by atoms with Crippen molar-refractivity contribution in [2.45, 2.75) is 77.6 Å². The van der Waals surface area contributed by atoms with Gasteiger partial charge in [0.05, 0.1) is 20.2 Å².